The highest BCUT2D eigenvalue weighted by molar-refractivity contribution is 7.16. The van der Waals surface area contributed by atoms with Gasteiger partial charge in [0.1, 0.15) is 17.6 Å². The number of anilines is 1. The van der Waals surface area contributed by atoms with Crippen LogP contribution in [-0.4, -0.2) is 16.8 Å². The summed E-state index contributed by atoms with van der Waals surface area (Å²) in [6.07, 6.45) is 6.62. The van der Waals surface area contributed by atoms with Gasteiger partial charge >= 0.3 is 0 Å². The number of nitrogens with zero attached hydrogens (tertiary/aromatic N) is 2. The lowest BCUT2D eigenvalue weighted by atomic mass is 9.96. The molecule has 5 nitrogen and oxygen atoms in total. The van der Waals surface area contributed by atoms with Crippen LogP contribution in [0.25, 0.3) is 10.9 Å². The van der Waals surface area contributed by atoms with E-state index in [1.165, 1.54) is 16.2 Å². The summed E-state index contributed by atoms with van der Waals surface area (Å²) in [5.41, 5.74) is 3.13. The van der Waals surface area contributed by atoms with Gasteiger partial charge in [-0.1, -0.05) is 18.2 Å². The topological polar surface area (TPSA) is 74.9 Å². The van der Waals surface area contributed by atoms with E-state index in [4.69, 9.17) is 0 Å². The number of fused-ring (bicyclic) bond motifs is 2. The van der Waals surface area contributed by atoms with Crippen LogP contribution in [0.15, 0.2) is 30.5 Å². The zero-order chi connectivity index (χ0) is 18.1. The normalized spacial score (nSPS) is 13.2. The lowest BCUT2D eigenvalue weighted by Crippen LogP contribution is -2.18. The summed E-state index contributed by atoms with van der Waals surface area (Å²) in [7, 11) is 0. The second kappa shape index (κ2) is 6.77. The van der Waals surface area contributed by atoms with E-state index in [1.807, 2.05) is 24.3 Å². The van der Waals surface area contributed by atoms with Gasteiger partial charge in [0.05, 0.1) is 5.56 Å². The molecule has 1 amide bonds. The molecule has 0 atom stereocenters. The van der Waals surface area contributed by atoms with E-state index in [1.54, 1.807) is 10.8 Å². The van der Waals surface area contributed by atoms with Crippen LogP contribution in [-0.2, 0) is 24.2 Å². The largest absolute Gasteiger partial charge is 0.337 e. The van der Waals surface area contributed by atoms with E-state index >= 15 is 0 Å². The van der Waals surface area contributed by atoms with Gasteiger partial charge in [0.2, 0.25) is 5.91 Å². The molecule has 130 valence electrons. The van der Waals surface area contributed by atoms with Crippen molar-refractivity contribution in [2.45, 2.75) is 32.2 Å². The molecule has 0 fully saturated rings. The van der Waals surface area contributed by atoms with Gasteiger partial charge < -0.3 is 9.88 Å². The molecule has 0 radical (unpaired) electrons. The van der Waals surface area contributed by atoms with Crippen molar-refractivity contribution in [3.63, 3.8) is 0 Å². The number of benzene rings is 1. The highest BCUT2D eigenvalue weighted by Gasteiger charge is 2.22. The third kappa shape index (κ3) is 2.80. The van der Waals surface area contributed by atoms with Gasteiger partial charge in [0.25, 0.3) is 0 Å². The monoisotopic (exact) mass is 363 g/mol. The SMILES string of the molecule is N#Cc1c(NC(=O)Cn2cc(C=O)c3ccccc32)sc2c1CCCC2. The minimum absolute atomic E-state index is 0.0990. The van der Waals surface area contributed by atoms with Crippen molar-refractivity contribution in [2.24, 2.45) is 0 Å². The third-order valence-electron chi connectivity index (χ3n) is 4.80. The van der Waals surface area contributed by atoms with Gasteiger partial charge in [0.15, 0.2) is 6.29 Å². The molecule has 0 aliphatic heterocycles. The maximum Gasteiger partial charge on any atom is 0.244 e. The summed E-state index contributed by atoms with van der Waals surface area (Å²) in [5.74, 6) is -0.196. The molecule has 3 aromatic rings. The van der Waals surface area contributed by atoms with Crippen molar-refractivity contribution in [1.82, 2.24) is 4.57 Å². The number of nitriles is 1. The molecule has 0 saturated carbocycles. The maximum atomic E-state index is 12.6. The van der Waals surface area contributed by atoms with Gasteiger partial charge in [-0.15, -0.1) is 11.3 Å². The summed E-state index contributed by atoms with van der Waals surface area (Å²) in [5, 5.41) is 13.9. The quantitative estimate of drug-likeness (QED) is 0.714. The number of hydrogen-bond donors (Lipinski definition) is 1. The number of aldehydes is 1. The standard InChI is InChI=1S/C20H17N3O2S/c21-9-16-15-6-2-4-8-18(15)26-20(16)22-19(25)11-23-10-13(12-24)14-5-1-3-7-17(14)23/h1,3,5,7,10,12H,2,4,6,8,11H2,(H,22,25). The molecular weight excluding hydrogens is 346 g/mol. The van der Waals surface area contributed by atoms with Crippen LogP contribution in [0.1, 0.15) is 39.2 Å². The van der Waals surface area contributed by atoms with Gasteiger partial charge in [0, 0.05) is 27.5 Å². The van der Waals surface area contributed by atoms with Crippen LogP contribution in [0.4, 0.5) is 5.00 Å². The molecule has 0 spiro atoms. The Bertz CT molecular complexity index is 1060. The maximum absolute atomic E-state index is 12.6. The van der Waals surface area contributed by atoms with Crippen LogP contribution in [0.3, 0.4) is 0 Å². The van der Waals surface area contributed by atoms with Crippen molar-refractivity contribution in [2.75, 3.05) is 5.32 Å². The first-order chi connectivity index (χ1) is 12.7. The fourth-order valence-electron chi connectivity index (χ4n) is 3.59. The highest BCUT2D eigenvalue weighted by Crippen LogP contribution is 2.37. The van der Waals surface area contributed by atoms with Crippen molar-refractivity contribution >= 4 is 39.4 Å². The Kier molecular flexibility index (Phi) is 4.31. The number of amides is 1. The molecular formula is C20H17N3O2S. The van der Waals surface area contributed by atoms with Gasteiger partial charge in [-0.25, -0.2) is 0 Å². The van der Waals surface area contributed by atoms with E-state index in [0.29, 0.717) is 16.1 Å². The molecule has 4 rings (SSSR count). The van der Waals surface area contributed by atoms with E-state index in [9.17, 15) is 14.9 Å². The Balaban J connectivity index is 1.60. The molecule has 2 heterocycles. The first-order valence-electron chi connectivity index (χ1n) is 8.59. The van der Waals surface area contributed by atoms with Crippen LogP contribution in [0, 0.1) is 11.3 Å². The Labute approximate surface area is 154 Å². The average Bonchev–Trinajstić information content (AvgIpc) is 3.19. The number of aromatic nitrogens is 1. The van der Waals surface area contributed by atoms with Crippen LogP contribution in [0.5, 0.6) is 0 Å². The summed E-state index contributed by atoms with van der Waals surface area (Å²) in [4.78, 5) is 25.1. The van der Waals surface area contributed by atoms with E-state index in [0.717, 1.165) is 48.4 Å². The number of rotatable bonds is 4. The van der Waals surface area contributed by atoms with Crippen LogP contribution >= 0.6 is 11.3 Å². The predicted octanol–water partition coefficient (Wildman–Crippen LogP) is 3.90. The zero-order valence-electron chi connectivity index (χ0n) is 14.1. The predicted molar refractivity (Wildman–Crippen MR) is 102 cm³/mol. The highest BCUT2D eigenvalue weighted by atomic mass is 32.1. The van der Waals surface area contributed by atoms with Crippen molar-refractivity contribution in [3.05, 3.63) is 52.0 Å². The van der Waals surface area contributed by atoms with E-state index in [2.05, 4.69) is 11.4 Å². The average molecular weight is 363 g/mol. The molecule has 1 N–H and O–H groups in total. The summed E-state index contributed by atoms with van der Waals surface area (Å²) >= 11 is 1.52. The molecule has 6 heteroatoms. The Morgan fingerprint density at radius 2 is 2.12 bits per heavy atom. The fourth-order valence-corrected chi connectivity index (χ4v) is 4.85. The lowest BCUT2D eigenvalue weighted by molar-refractivity contribution is -0.116. The molecule has 2 aromatic heterocycles. The molecule has 1 aliphatic rings. The Morgan fingerprint density at radius 1 is 1.31 bits per heavy atom. The fraction of sp³-hybridized carbons (Fsp3) is 0.250. The summed E-state index contributed by atoms with van der Waals surface area (Å²) < 4.78 is 1.77. The van der Waals surface area contributed by atoms with Crippen molar-refractivity contribution < 1.29 is 9.59 Å². The molecule has 0 bridgehead atoms. The Hall–Kier alpha value is -2.91. The van der Waals surface area contributed by atoms with Crippen molar-refractivity contribution in [3.8, 4) is 6.07 Å². The summed E-state index contributed by atoms with van der Waals surface area (Å²) in [6.45, 7) is 0.0990. The smallest absolute Gasteiger partial charge is 0.244 e. The number of carbonyl (C=O) groups excluding carboxylic acids is 2. The Morgan fingerprint density at radius 3 is 2.92 bits per heavy atom. The second-order valence-corrected chi connectivity index (χ2v) is 7.53. The first kappa shape index (κ1) is 16.6. The third-order valence-corrected chi connectivity index (χ3v) is 6.00. The minimum atomic E-state index is -0.196. The zero-order valence-corrected chi connectivity index (χ0v) is 14.9. The van der Waals surface area contributed by atoms with Crippen LogP contribution < -0.4 is 5.32 Å². The molecule has 0 saturated heterocycles. The van der Waals surface area contributed by atoms with Crippen LogP contribution in [0.2, 0.25) is 0 Å². The van der Waals surface area contributed by atoms with Gasteiger partial charge in [-0.3, -0.25) is 9.59 Å². The number of para-hydroxylation sites is 1. The van der Waals surface area contributed by atoms with E-state index in [-0.39, 0.29) is 12.5 Å². The number of thiophene rings is 1. The molecule has 1 aromatic carbocycles. The number of hydrogen-bond acceptors (Lipinski definition) is 4. The van der Waals surface area contributed by atoms with Gasteiger partial charge in [-0.05, 0) is 37.3 Å². The molecule has 0 unspecified atom stereocenters. The molecule has 26 heavy (non-hydrogen) atoms. The minimum Gasteiger partial charge on any atom is -0.337 e. The number of aryl methyl sites for hydroxylation is 1. The second-order valence-electron chi connectivity index (χ2n) is 6.42. The van der Waals surface area contributed by atoms with E-state index < -0.39 is 0 Å². The molecule has 1 aliphatic carbocycles. The first-order valence-corrected chi connectivity index (χ1v) is 9.40. The van der Waals surface area contributed by atoms with Crippen molar-refractivity contribution in [1.29, 1.82) is 5.26 Å². The summed E-state index contributed by atoms with van der Waals surface area (Å²) in [6, 6.07) is 9.77. The number of nitrogens with one attached hydrogen (secondary N) is 1. The van der Waals surface area contributed by atoms with Gasteiger partial charge in [-0.2, -0.15) is 5.26 Å². The lowest BCUT2D eigenvalue weighted by Gasteiger charge is -2.09. The number of carbonyl (C=O) groups is 2.